The summed E-state index contributed by atoms with van der Waals surface area (Å²) in [5.41, 5.74) is 0.646. The Balaban J connectivity index is 2.93. The van der Waals surface area contributed by atoms with Crippen molar-refractivity contribution < 1.29 is 4.79 Å². The van der Waals surface area contributed by atoms with Crippen molar-refractivity contribution in [3.05, 3.63) is 36.3 Å². The summed E-state index contributed by atoms with van der Waals surface area (Å²) < 4.78 is 0. The molecule has 1 aliphatic rings. The number of rotatable bonds is 1. The quantitative estimate of drug-likeness (QED) is 0.626. The second kappa shape index (κ2) is 3.26. The molecule has 64 valence electrons. The van der Waals surface area contributed by atoms with E-state index in [1.807, 2.05) is 20.0 Å². The molecule has 0 unspecified atom stereocenters. The monoisotopic (exact) mass is 164 g/mol. The molecule has 3 nitrogen and oxygen atoms in total. The highest BCUT2D eigenvalue weighted by atomic mass is 16.2. The maximum atomic E-state index is 11.2. The van der Waals surface area contributed by atoms with Gasteiger partial charge >= 0.3 is 0 Å². The fraction of sp³-hybridized carbons (Fsp3) is 0.222. The summed E-state index contributed by atoms with van der Waals surface area (Å²) in [5, 5.41) is 2.64. The first-order valence-electron chi connectivity index (χ1n) is 3.72. The summed E-state index contributed by atoms with van der Waals surface area (Å²) in [6.45, 7) is 5.54. The first-order chi connectivity index (χ1) is 5.65. The van der Waals surface area contributed by atoms with E-state index < -0.39 is 0 Å². The van der Waals surface area contributed by atoms with E-state index in [1.54, 1.807) is 17.2 Å². The molecule has 0 spiro atoms. The molecular formula is C9H12N2O. The molecule has 3 heteroatoms. The van der Waals surface area contributed by atoms with Crippen LogP contribution < -0.4 is 5.32 Å². The summed E-state index contributed by atoms with van der Waals surface area (Å²) in [7, 11) is 1.84. The van der Waals surface area contributed by atoms with Crippen molar-refractivity contribution in [3.63, 3.8) is 0 Å². The molecule has 0 aromatic heterocycles. The van der Waals surface area contributed by atoms with Gasteiger partial charge in [0.15, 0.2) is 0 Å². The number of nitrogens with one attached hydrogen (secondary N) is 1. The number of allylic oxidation sites excluding steroid dienone is 1. The Labute approximate surface area is 72.1 Å². The molecule has 0 aliphatic carbocycles. The molecule has 0 saturated carbocycles. The van der Waals surface area contributed by atoms with E-state index >= 15 is 0 Å². The van der Waals surface area contributed by atoms with Crippen molar-refractivity contribution in [2.24, 2.45) is 0 Å². The van der Waals surface area contributed by atoms with Crippen LogP contribution in [0.5, 0.6) is 0 Å². The van der Waals surface area contributed by atoms with Gasteiger partial charge in [-0.3, -0.25) is 4.79 Å². The lowest BCUT2D eigenvalue weighted by Crippen LogP contribution is -2.35. The van der Waals surface area contributed by atoms with E-state index in [4.69, 9.17) is 0 Å². The maximum Gasteiger partial charge on any atom is 0.258 e. The molecule has 1 amide bonds. The van der Waals surface area contributed by atoms with E-state index in [0.29, 0.717) is 11.4 Å². The van der Waals surface area contributed by atoms with Crippen molar-refractivity contribution in [3.8, 4) is 0 Å². The molecule has 0 aromatic carbocycles. The Kier molecular flexibility index (Phi) is 2.33. The SMILES string of the molecule is C=C1NC(=O)C(/C=C/C)=CN1C. The number of carbonyl (C=O) groups excluding carboxylic acids is 1. The molecule has 0 bridgehead atoms. The predicted octanol–water partition coefficient (Wildman–Crippen LogP) is 0.979. The lowest BCUT2D eigenvalue weighted by atomic mass is 10.2. The van der Waals surface area contributed by atoms with Gasteiger partial charge in [-0.05, 0) is 6.92 Å². The van der Waals surface area contributed by atoms with Crippen LogP contribution in [-0.2, 0) is 4.79 Å². The molecule has 0 saturated heterocycles. The first-order valence-corrected chi connectivity index (χ1v) is 3.72. The van der Waals surface area contributed by atoms with Crippen LogP contribution in [-0.4, -0.2) is 17.9 Å². The third kappa shape index (κ3) is 1.56. The minimum atomic E-state index is -0.101. The van der Waals surface area contributed by atoms with Crippen LogP contribution in [0.15, 0.2) is 36.3 Å². The molecular weight excluding hydrogens is 152 g/mol. The predicted molar refractivity (Wildman–Crippen MR) is 47.9 cm³/mol. The van der Waals surface area contributed by atoms with Crippen molar-refractivity contribution >= 4 is 5.91 Å². The molecule has 0 fully saturated rings. The van der Waals surface area contributed by atoms with Crippen molar-refractivity contribution in [2.45, 2.75) is 6.92 Å². The Morgan fingerprint density at radius 2 is 2.33 bits per heavy atom. The van der Waals surface area contributed by atoms with E-state index in [0.717, 1.165) is 0 Å². The zero-order valence-corrected chi connectivity index (χ0v) is 7.29. The second-order valence-electron chi connectivity index (χ2n) is 2.60. The van der Waals surface area contributed by atoms with Gasteiger partial charge in [0.1, 0.15) is 5.82 Å². The van der Waals surface area contributed by atoms with Gasteiger partial charge < -0.3 is 10.2 Å². The third-order valence-electron chi connectivity index (χ3n) is 1.62. The van der Waals surface area contributed by atoms with Crippen LogP contribution in [0.4, 0.5) is 0 Å². The van der Waals surface area contributed by atoms with Crippen LogP contribution in [0.25, 0.3) is 0 Å². The minimum absolute atomic E-state index is 0.101. The van der Waals surface area contributed by atoms with Crippen molar-refractivity contribution in [2.75, 3.05) is 7.05 Å². The molecule has 12 heavy (non-hydrogen) atoms. The number of hydrogen-bond donors (Lipinski definition) is 1. The fourth-order valence-electron chi connectivity index (χ4n) is 0.935. The summed E-state index contributed by atoms with van der Waals surface area (Å²) in [4.78, 5) is 13.0. The lowest BCUT2D eigenvalue weighted by Gasteiger charge is -2.23. The van der Waals surface area contributed by atoms with Crippen LogP contribution in [0.2, 0.25) is 0 Å². The Bertz CT molecular complexity index is 276. The largest absolute Gasteiger partial charge is 0.337 e. The average Bonchev–Trinajstić information content (AvgIpc) is 2.01. The smallest absolute Gasteiger partial charge is 0.258 e. The molecule has 1 aliphatic heterocycles. The molecule has 1 rings (SSSR count). The molecule has 0 aromatic rings. The van der Waals surface area contributed by atoms with Crippen LogP contribution in [0.3, 0.4) is 0 Å². The van der Waals surface area contributed by atoms with Gasteiger partial charge in [-0.15, -0.1) is 0 Å². The number of amides is 1. The van der Waals surface area contributed by atoms with E-state index in [-0.39, 0.29) is 5.91 Å². The summed E-state index contributed by atoms with van der Waals surface area (Å²) in [6, 6.07) is 0. The van der Waals surface area contributed by atoms with E-state index in [2.05, 4.69) is 11.9 Å². The van der Waals surface area contributed by atoms with E-state index in [9.17, 15) is 4.79 Å². The number of hydrogen-bond acceptors (Lipinski definition) is 2. The summed E-state index contributed by atoms with van der Waals surface area (Å²) >= 11 is 0. The highest BCUT2D eigenvalue weighted by molar-refractivity contribution is 5.97. The molecule has 0 radical (unpaired) electrons. The van der Waals surface area contributed by atoms with Crippen molar-refractivity contribution in [1.29, 1.82) is 0 Å². The van der Waals surface area contributed by atoms with Crippen molar-refractivity contribution in [1.82, 2.24) is 10.2 Å². The first kappa shape index (κ1) is 8.59. The van der Waals surface area contributed by atoms with E-state index in [1.165, 1.54) is 0 Å². The maximum absolute atomic E-state index is 11.2. The Hall–Kier alpha value is -1.51. The normalized spacial score (nSPS) is 18.2. The third-order valence-corrected chi connectivity index (χ3v) is 1.62. The fourth-order valence-corrected chi connectivity index (χ4v) is 0.935. The number of carbonyl (C=O) groups is 1. The van der Waals surface area contributed by atoms with Gasteiger partial charge in [0.25, 0.3) is 5.91 Å². The molecule has 1 N–H and O–H groups in total. The Morgan fingerprint density at radius 3 is 2.92 bits per heavy atom. The van der Waals surface area contributed by atoms with Gasteiger partial charge in [-0.2, -0.15) is 0 Å². The van der Waals surface area contributed by atoms with Gasteiger partial charge in [0.05, 0.1) is 5.57 Å². The van der Waals surface area contributed by atoms with Gasteiger partial charge in [0, 0.05) is 13.2 Å². The molecule has 1 heterocycles. The van der Waals surface area contributed by atoms with Gasteiger partial charge in [0.2, 0.25) is 0 Å². The van der Waals surface area contributed by atoms with Gasteiger partial charge in [-0.1, -0.05) is 18.7 Å². The van der Waals surface area contributed by atoms with Gasteiger partial charge in [-0.25, -0.2) is 0 Å². The molecule has 0 atom stereocenters. The summed E-state index contributed by atoms with van der Waals surface area (Å²) in [6.07, 6.45) is 5.34. The average molecular weight is 164 g/mol. The second-order valence-corrected chi connectivity index (χ2v) is 2.60. The Morgan fingerprint density at radius 1 is 1.67 bits per heavy atom. The van der Waals surface area contributed by atoms with Crippen LogP contribution in [0, 0.1) is 0 Å². The zero-order valence-electron chi connectivity index (χ0n) is 7.29. The topological polar surface area (TPSA) is 32.3 Å². The number of nitrogens with zero attached hydrogens (tertiary/aromatic N) is 1. The summed E-state index contributed by atoms with van der Waals surface area (Å²) in [5.74, 6) is 0.504. The van der Waals surface area contributed by atoms with Crippen LogP contribution >= 0.6 is 0 Å². The highest BCUT2D eigenvalue weighted by Crippen LogP contribution is 2.09. The highest BCUT2D eigenvalue weighted by Gasteiger charge is 2.15. The standard InChI is InChI=1S/C9H12N2O/c1-4-5-8-6-11(3)7(2)10-9(8)12/h4-6H,2H2,1,3H3,(H,10,12)/b5-4+. The van der Waals surface area contributed by atoms with Crippen LogP contribution in [0.1, 0.15) is 6.92 Å². The lowest BCUT2D eigenvalue weighted by molar-refractivity contribution is -0.117. The minimum Gasteiger partial charge on any atom is -0.337 e. The zero-order chi connectivity index (χ0) is 9.14.